The van der Waals surface area contributed by atoms with Crippen molar-refractivity contribution in [1.29, 1.82) is 0 Å². The smallest absolute Gasteiger partial charge is 0.319 e. The highest BCUT2D eigenvalue weighted by molar-refractivity contribution is 8.00. The fraction of sp³-hybridized carbons (Fsp3) is 0.381. The van der Waals surface area contributed by atoms with E-state index in [-0.39, 0.29) is 11.2 Å². The van der Waals surface area contributed by atoms with Crippen molar-refractivity contribution in [2.24, 2.45) is 0 Å². The molecule has 0 N–H and O–H groups in total. The van der Waals surface area contributed by atoms with Crippen LogP contribution in [0, 0.1) is 6.92 Å². The van der Waals surface area contributed by atoms with Gasteiger partial charge < -0.3 is 4.74 Å². The Morgan fingerprint density at radius 2 is 2.00 bits per heavy atom. The normalized spacial score (nSPS) is 12.3. The average molecular weight is 401 g/mol. The molecule has 0 spiro atoms. The van der Waals surface area contributed by atoms with E-state index in [9.17, 15) is 4.79 Å². The van der Waals surface area contributed by atoms with E-state index in [1.165, 1.54) is 17.3 Å². The lowest BCUT2D eigenvalue weighted by atomic mass is 10.1. The molecule has 4 nitrogen and oxygen atoms in total. The van der Waals surface area contributed by atoms with Crippen LogP contribution >= 0.6 is 23.1 Å². The molecule has 0 radical (unpaired) electrons. The number of unbranched alkanes of at least 4 members (excludes halogenated alkanes) is 2. The molecule has 0 bridgehead atoms. The summed E-state index contributed by atoms with van der Waals surface area (Å²) in [5, 5.41) is 3.65. The summed E-state index contributed by atoms with van der Waals surface area (Å²) in [6.07, 6.45) is 4.68. The first-order valence-electron chi connectivity index (χ1n) is 9.22. The summed E-state index contributed by atoms with van der Waals surface area (Å²) in [4.78, 5) is 22.1. The predicted molar refractivity (Wildman–Crippen MR) is 113 cm³/mol. The number of aryl methyl sites for hydroxylation is 1. The molecular weight excluding hydrogens is 376 g/mol. The third kappa shape index (κ3) is 4.87. The van der Waals surface area contributed by atoms with Gasteiger partial charge >= 0.3 is 5.97 Å². The van der Waals surface area contributed by atoms with Gasteiger partial charge in [-0.25, -0.2) is 9.97 Å². The fourth-order valence-corrected chi connectivity index (χ4v) is 4.65. The number of carbonyl (C=O) groups is 1. The molecule has 2 heterocycles. The Kier molecular flexibility index (Phi) is 6.85. The minimum atomic E-state index is -0.310. The standard InChI is InChI=1S/C21H24N2O2S2/c1-4-5-6-11-25-21(24)15(3)27-20-18-17(12-26-19(18)22-13-23-20)16-9-7-14(2)8-10-16/h7-10,12-13,15H,4-6,11H2,1-3H3. The highest BCUT2D eigenvalue weighted by Gasteiger charge is 2.20. The van der Waals surface area contributed by atoms with Crippen LogP contribution in [0.4, 0.5) is 0 Å². The predicted octanol–water partition coefficient (Wildman–Crippen LogP) is 5.88. The van der Waals surface area contributed by atoms with Gasteiger partial charge in [0, 0.05) is 10.9 Å². The number of hydrogen-bond donors (Lipinski definition) is 0. The third-order valence-electron chi connectivity index (χ3n) is 4.31. The zero-order valence-electron chi connectivity index (χ0n) is 15.9. The highest BCUT2D eigenvalue weighted by Crippen LogP contribution is 2.39. The van der Waals surface area contributed by atoms with Crippen molar-refractivity contribution in [2.75, 3.05) is 6.61 Å². The molecule has 1 aromatic carbocycles. The van der Waals surface area contributed by atoms with Crippen LogP contribution in [0.15, 0.2) is 41.0 Å². The molecule has 0 aliphatic carbocycles. The second-order valence-electron chi connectivity index (χ2n) is 6.51. The van der Waals surface area contributed by atoms with E-state index in [4.69, 9.17) is 4.74 Å². The van der Waals surface area contributed by atoms with E-state index in [0.29, 0.717) is 6.61 Å². The summed E-state index contributed by atoms with van der Waals surface area (Å²) < 4.78 is 5.40. The van der Waals surface area contributed by atoms with Crippen molar-refractivity contribution >= 4 is 39.3 Å². The van der Waals surface area contributed by atoms with Gasteiger partial charge in [-0.2, -0.15) is 0 Å². The van der Waals surface area contributed by atoms with Crippen LogP contribution in [0.25, 0.3) is 21.3 Å². The van der Waals surface area contributed by atoms with Crippen LogP contribution < -0.4 is 0 Å². The average Bonchev–Trinajstić information content (AvgIpc) is 3.11. The molecule has 0 saturated heterocycles. The van der Waals surface area contributed by atoms with Crippen molar-refractivity contribution in [2.45, 2.75) is 50.3 Å². The van der Waals surface area contributed by atoms with Crippen molar-refractivity contribution in [1.82, 2.24) is 9.97 Å². The first-order valence-corrected chi connectivity index (χ1v) is 11.0. The fourth-order valence-electron chi connectivity index (χ4n) is 2.74. The summed E-state index contributed by atoms with van der Waals surface area (Å²) in [7, 11) is 0. The third-order valence-corrected chi connectivity index (χ3v) is 6.28. The van der Waals surface area contributed by atoms with Gasteiger partial charge in [0.1, 0.15) is 21.4 Å². The SMILES string of the molecule is CCCCCOC(=O)C(C)Sc1ncnc2scc(-c3ccc(C)cc3)c12. The molecule has 3 rings (SSSR count). The van der Waals surface area contributed by atoms with Crippen LogP contribution in [0.3, 0.4) is 0 Å². The van der Waals surface area contributed by atoms with Gasteiger partial charge in [0.05, 0.1) is 12.0 Å². The monoisotopic (exact) mass is 400 g/mol. The number of rotatable bonds is 8. The van der Waals surface area contributed by atoms with Crippen LogP contribution in [0.2, 0.25) is 0 Å². The molecule has 0 aliphatic heterocycles. The number of carbonyl (C=O) groups excluding carboxylic acids is 1. The topological polar surface area (TPSA) is 52.1 Å². The molecule has 1 unspecified atom stereocenters. The molecule has 0 amide bonds. The number of ether oxygens (including phenoxy) is 1. The molecule has 0 aliphatic rings. The molecule has 1 atom stereocenters. The van der Waals surface area contributed by atoms with E-state index in [2.05, 4.69) is 53.5 Å². The second-order valence-corrected chi connectivity index (χ2v) is 8.70. The van der Waals surface area contributed by atoms with Crippen LogP contribution in [0.5, 0.6) is 0 Å². The molecule has 3 aromatic rings. The first kappa shape index (κ1) is 19.8. The van der Waals surface area contributed by atoms with Gasteiger partial charge in [0.15, 0.2) is 0 Å². The number of esters is 1. The number of thioether (sulfide) groups is 1. The zero-order chi connectivity index (χ0) is 19.2. The Morgan fingerprint density at radius 3 is 2.74 bits per heavy atom. The molecule has 27 heavy (non-hydrogen) atoms. The van der Waals surface area contributed by atoms with Gasteiger partial charge in [0.2, 0.25) is 0 Å². The maximum absolute atomic E-state index is 12.3. The van der Waals surface area contributed by atoms with Crippen LogP contribution in [0.1, 0.15) is 38.7 Å². The quantitative estimate of drug-likeness (QED) is 0.204. The Morgan fingerprint density at radius 1 is 1.22 bits per heavy atom. The minimum absolute atomic E-state index is 0.185. The maximum Gasteiger partial charge on any atom is 0.319 e. The Bertz CT molecular complexity index is 906. The summed E-state index contributed by atoms with van der Waals surface area (Å²) >= 11 is 3.04. The first-order chi connectivity index (χ1) is 13.1. The summed E-state index contributed by atoms with van der Waals surface area (Å²) in [6, 6.07) is 8.44. The molecule has 2 aromatic heterocycles. The largest absolute Gasteiger partial charge is 0.465 e. The minimum Gasteiger partial charge on any atom is -0.465 e. The Hall–Kier alpha value is -1.92. The number of aromatic nitrogens is 2. The molecule has 0 fully saturated rings. The van der Waals surface area contributed by atoms with Crippen molar-refractivity contribution < 1.29 is 9.53 Å². The van der Waals surface area contributed by atoms with Crippen molar-refractivity contribution in [3.05, 3.63) is 41.5 Å². The summed E-state index contributed by atoms with van der Waals surface area (Å²) in [5.74, 6) is -0.185. The number of nitrogens with zero attached hydrogens (tertiary/aromatic N) is 2. The molecule has 0 saturated carbocycles. The van der Waals surface area contributed by atoms with Crippen molar-refractivity contribution in [3.8, 4) is 11.1 Å². The number of fused-ring (bicyclic) bond motifs is 1. The highest BCUT2D eigenvalue weighted by atomic mass is 32.2. The Balaban J connectivity index is 1.81. The van der Waals surface area contributed by atoms with E-state index in [1.54, 1.807) is 17.7 Å². The van der Waals surface area contributed by atoms with Gasteiger partial charge in [-0.05, 0) is 25.8 Å². The van der Waals surface area contributed by atoms with Crippen LogP contribution in [-0.2, 0) is 9.53 Å². The number of hydrogen-bond acceptors (Lipinski definition) is 6. The van der Waals surface area contributed by atoms with E-state index < -0.39 is 0 Å². The lowest BCUT2D eigenvalue weighted by Gasteiger charge is -2.12. The molecular formula is C21H24N2O2S2. The number of thiophene rings is 1. The maximum atomic E-state index is 12.3. The van der Waals surface area contributed by atoms with Gasteiger partial charge in [-0.15, -0.1) is 11.3 Å². The summed E-state index contributed by atoms with van der Waals surface area (Å²) in [5.41, 5.74) is 3.48. The summed E-state index contributed by atoms with van der Waals surface area (Å²) in [6.45, 7) is 6.57. The van der Waals surface area contributed by atoms with Gasteiger partial charge in [0.25, 0.3) is 0 Å². The van der Waals surface area contributed by atoms with E-state index in [1.807, 2.05) is 6.92 Å². The molecule has 6 heteroatoms. The van der Waals surface area contributed by atoms with E-state index in [0.717, 1.165) is 45.6 Å². The van der Waals surface area contributed by atoms with Gasteiger partial charge in [-0.1, -0.05) is 61.4 Å². The second kappa shape index (κ2) is 9.33. The lowest BCUT2D eigenvalue weighted by Crippen LogP contribution is -2.17. The zero-order valence-corrected chi connectivity index (χ0v) is 17.5. The number of benzene rings is 1. The Labute approximate surface area is 168 Å². The van der Waals surface area contributed by atoms with Crippen LogP contribution in [-0.4, -0.2) is 27.8 Å². The lowest BCUT2D eigenvalue weighted by molar-refractivity contribution is -0.142. The van der Waals surface area contributed by atoms with E-state index >= 15 is 0 Å². The van der Waals surface area contributed by atoms with Crippen molar-refractivity contribution in [3.63, 3.8) is 0 Å². The molecule has 142 valence electrons. The van der Waals surface area contributed by atoms with Gasteiger partial charge in [-0.3, -0.25) is 4.79 Å².